The van der Waals surface area contributed by atoms with Crippen LogP contribution in [0.15, 0.2) is 21.7 Å². The first kappa shape index (κ1) is 11.1. The standard InChI is InChI=1S/C12H17NOS2/c14-8-10-7-12(4-2-5-12)9-13(10)16-11-3-1-6-15-11/h1,3,6,10,14H,2,4-5,7-9H2. The molecule has 1 spiro atoms. The highest BCUT2D eigenvalue weighted by molar-refractivity contribution is 7.98. The van der Waals surface area contributed by atoms with Gasteiger partial charge in [-0.2, -0.15) is 0 Å². The molecule has 3 rings (SSSR count). The number of hydrogen-bond acceptors (Lipinski definition) is 4. The molecular weight excluding hydrogens is 238 g/mol. The van der Waals surface area contributed by atoms with Crippen molar-refractivity contribution < 1.29 is 5.11 Å². The van der Waals surface area contributed by atoms with E-state index in [2.05, 4.69) is 21.8 Å². The number of aliphatic hydroxyl groups excluding tert-OH is 1. The largest absolute Gasteiger partial charge is 0.395 e. The van der Waals surface area contributed by atoms with E-state index < -0.39 is 0 Å². The molecule has 1 aromatic rings. The number of hydrogen-bond donors (Lipinski definition) is 1. The van der Waals surface area contributed by atoms with Gasteiger partial charge in [-0.3, -0.25) is 0 Å². The minimum atomic E-state index is 0.306. The van der Waals surface area contributed by atoms with Gasteiger partial charge in [-0.15, -0.1) is 11.3 Å². The molecule has 2 heterocycles. The normalized spacial score (nSPS) is 28.4. The minimum Gasteiger partial charge on any atom is -0.395 e. The molecule has 1 saturated heterocycles. The third kappa shape index (κ3) is 1.92. The van der Waals surface area contributed by atoms with Crippen molar-refractivity contribution in [2.75, 3.05) is 13.2 Å². The smallest absolute Gasteiger partial charge is 0.0753 e. The van der Waals surface area contributed by atoms with Crippen LogP contribution in [-0.2, 0) is 0 Å². The maximum Gasteiger partial charge on any atom is 0.0753 e. The lowest BCUT2D eigenvalue weighted by atomic mass is 9.68. The maximum atomic E-state index is 9.47. The second-order valence-electron chi connectivity index (χ2n) is 4.99. The number of nitrogens with zero attached hydrogens (tertiary/aromatic N) is 1. The molecule has 2 aliphatic rings. The first-order chi connectivity index (χ1) is 7.81. The number of aliphatic hydroxyl groups is 1. The fraction of sp³-hybridized carbons (Fsp3) is 0.667. The summed E-state index contributed by atoms with van der Waals surface area (Å²) >= 11 is 3.62. The average Bonchev–Trinajstić information content (AvgIpc) is 2.84. The van der Waals surface area contributed by atoms with Crippen molar-refractivity contribution in [3.8, 4) is 0 Å². The van der Waals surface area contributed by atoms with Crippen molar-refractivity contribution in [2.24, 2.45) is 5.41 Å². The van der Waals surface area contributed by atoms with Gasteiger partial charge < -0.3 is 5.11 Å². The summed E-state index contributed by atoms with van der Waals surface area (Å²) in [5, 5.41) is 11.6. The van der Waals surface area contributed by atoms with Gasteiger partial charge in [0.15, 0.2) is 0 Å². The zero-order valence-electron chi connectivity index (χ0n) is 9.26. The molecule has 0 aromatic carbocycles. The van der Waals surface area contributed by atoms with E-state index in [1.54, 1.807) is 11.3 Å². The van der Waals surface area contributed by atoms with Gasteiger partial charge in [0.1, 0.15) is 0 Å². The van der Waals surface area contributed by atoms with Crippen molar-refractivity contribution in [2.45, 2.75) is 35.9 Å². The van der Waals surface area contributed by atoms with Gasteiger partial charge in [-0.25, -0.2) is 4.31 Å². The van der Waals surface area contributed by atoms with Crippen LogP contribution in [0.25, 0.3) is 0 Å². The summed E-state index contributed by atoms with van der Waals surface area (Å²) in [5.74, 6) is 0. The van der Waals surface area contributed by atoms with Gasteiger partial charge in [-0.05, 0) is 48.1 Å². The molecule has 88 valence electrons. The Bertz CT molecular complexity index is 348. The number of thiophene rings is 1. The van der Waals surface area contributed by atoms with Crippen LogP contribution in [0.5, 0.6) is 0 Å². The molecule has 1 aromatic heterocycles. The van der Waals surface area contributed by atoms with Crippen LogP contribution in [0.4, 0.5) is 0 Å². The Labute approximate surface area is 105 Å². The van der Waals surface area contributed by atoms with Crippen LogP contribution in [0.3, 0.4) is 0 Å². The molecule has 1 unspecified atom stereocenters. The first-order valence-corrected chi connectivity index (χ1v) is 7.56. The molecule has 0 amide bonds. The van der Waals surface area contributed by atoms with Crippen molar-refractivity contribution in [3.05, 3.63) is 17.5 Å². The molecule has 1 aliphatic carbocycles. The SMILES string of the molecule is OCC1CC2(CCC2)CN1Sc1cccs1. The fourth-order valence-electron chi connectivity index (χ4n) is 2.86. The first-order valence-electron chi connectivity index (χ1n) is 5.90. The van der Waals surface area contributed by atoms with Crippen molar-refractivity contribution in [3.63, 3.8) is 0 Å². The molecular formula is C12H17NOS2. The van der Waals surface area contributed by atoms with Gasteiger partial charge in [0.05, 0.1) is 10.8 Å². The minimum absolute atomic E-state index is 0.306. The Morgan fingerprint density at radius 2 is 2.44 bits per heavy atom. The Hall–Kier alpha value is -0.0300. The van der Waals surface area contributed by atoms with Gasteiger partial charge >= 0.3 is 0 Å². The quantitative estimate of drug-likeness (QED) is 0.840. The van der Waals surface area contributed by atoms with Gasteiger partial charge in [-0.1, -0.05) is 12.5 Å². The zero-order valence-corrected chi connectivity index (χ0v) is 10.9. The topological polar surface area (TPSA) is 23.5 Å². The van der Waals surface area contributed by atoms with E-state index >= 15 is 0 Å². The third-order valence-electron chi connectivity index (χ3n) is 3.89. The molecule has 16 heavy (non-hydrogen) atoms. The van der Waals surface area contributed by atoms with Crippen LogP contribution in [0, 0.1) is 5.41 Å². The van der Waals surface area contributed by atoms with E-state index in [0.29, 0.717) is 18.1 Å². The Kier molecular flexibility index (Phi) is 3.00. The van der Waals surface area contributed by atoms with Crippen LogP contribution in [0.2, 0.25) is 0 Å². The predicted molar refractivity (Wildman–Crippen MR) is 68.7 cm³/mol. The van der Waals surface area contributed by atoms with E-state index in [-0.39, 0.29) is 0 Å². The van der Waals surface area contributed by atoms with Crippen molar-refractivity contribution >= 4 is 23.3 Å². The molecule has 2 fully saturated rings. The van der Waals surface area contributed by atoms with Crippen LogP contribution >= 0.6 is 23.3 Å². The fourth-order valence-corrected chi connectivity index (χ4v) is 4.93. The molecule has 4 heteroatoms. The molecule has 0 radical (unpaired) electrons. The average molecular weight is 255 g/mol. The predicted octanol–water partition coefficient (Wildman–Crippen LogP) is 2.99. The molecule has 1 aliphatic heterocycles. The van der Waals surface area contributed by atoms with Gasteiger partial charge in [0.2, 0.25) is 0 Å². The third-order valence-corrected chi connectivity index (χ3v) is 6.05. The summed E-state index contributed by atoms with van der Waals surface area (Å²) in [5.41, 5.74) is 0.553. The monoisotopic (exact) mass is 255 g/mol. The lowest BCUT2D eigenvalue weighted by Crippen LogP contribution is -2.31. The van der Waals surface area contributed by atoms with Crippen LogP contribution in [-0.4, -0.2) is 28.6 Å². The molecule has 1 atom stereocenters. The highest BCUT2D eigenvalue weighted by Gasteiger charge is 2.47. The molecule has 2 nitrogen and oxygen atoms in total. The Morgan fingerprint density at radius 3 is 3.00 bits per heavy atom. The number of rotatable bonds is 3. The highest BCUT2D eigenvalue weighted by Crippen LogP contribution is 2.52. The Morgan fingerprint density at radius 1 is 1.56 bits per heavy atom. The second kappa shape index (κ2) is 4.33. The van der Waals surface area contributed by atoms with E-state index in [0.717, 1.165) is 0 Å². The van der Waals surface area contributed by atoms with Crippen LogP contribution in [0.1, 0.15) is 25.7 Å². The summed E-state index contributed by atoms with van der Waals surface area (Å²) in [4.78, 5) is 0. The zero-order chi connectivity index (χ0) is 11.0. The van der Waals surface area contributed by atoms with Crippen molar-refractivity contribution in [1.82, 2.24) is 4.31 Å². The summed E-state index contributed by atoms with van der Waals surface area (Å²) in [6.07, 6.45) is 5.31. The molecule has 0 bridgehead atoms. The lowest BCUT2D eigenvalue weighted by Gasteiger charge is -2.38. The van der Waals surface area contributed by atoms with Crippen molar-refractivity contribution in [1.29, 1.82) is 0 Å². The maximum absolute atomic E-state index is 9.47. The molecule has 1 N–H and O–H groups in total. The summed E-state index contributed by atoms with van der Waals surface area (Å²) in [6.45, 7) is 1.47. The lowest BCUT2D eigenvalue weighted by molar-refractivity contribution is 0.149. The van der Waals surface area contributed by atoms with E-state index in [1.165, 1.54) is 36.4 Å². The van der Waals surface area contributed by atoms with E-state index in [1.807, 2.05) is 11.9 Å². The summed E-state index contributed by atoms with van der Waals surface area (Å²) in [7, 11) is 0. The summed E-state index contributed by atoms with van der Waals surface area (Å²) in [6, 6.07) is 4.62. The van der Waals surface area contributed by atoms with Gasteiger partial charge in [0, 0.05) is 12.6 Å². The van der Waals surface area contributed by atoms with E-state index in [9.17, 15) is 5.11 Å². The highest BCUT2D eigenvalue weighted by atomic mass is 32.2. The van der Waals surface area contributed by atoms with Crippen LogP contribution < -0.4 is 0 Å². The Balaban J connectivity index is 1.69. The second-order valence-corrected chi connectivity index (χ2v) is 7.29. The van der Waals surface area contributed by atoms with E-state index in [4.69, 9.17) is 0 Å². The summed E-state index contributed by atoms with van der Waals surface area (Å²) < 4.78 is 3.75. The van der Waals surface area contributed by atoms with Gasteiger partial charge in [0.25, 0.3) is 0 Å². The molecule has 1 saturated carbocycles.